The minimum atomic E-state index is -0.347. The number of hydrogen-bond donors (Lipinski definition) is 1. The number of carbonyl (C=O) groups excluding carboxylic acids is 1. The Kier molecular flexibility index (Phi) is 6.66. The molecule has 36 heavy (non-hydrogen) atoms. The molecule has 1 aliphatic rings. The zero-order valence-electron chi connectivity index (χ0n) is 20.0. The molecular weight excluding hydrogens is 454 g/mol. The SMILES string of the molecule is COC(=O)c1cccc(CN2CC=CC(c3cccc(OCCn4c(N)nc5ccccc54)c3)=N2)c1. The zero-order valence-corrected chi connectivity index (χ0v) is 20.0. The molecule has 8 heteroatoms. The molecule has 0 saturated carbocycles. The van der Waals surface area contributed by atoms with Crippen LogP contribution in [0, 0.1) is 0 Å². The molecule has 1 aromatic heterocycles. The number of rotatable bonds is 8. The molecule has 1 aliphatic heterocycles. The molecule has 0 aliphatic carbocycles. The summed E-state index contributed by atoms with van der Waals surface area (Å²) in [5.74, 6) is 0.891. The fourth-order valence-electron chi connectivity index (χ4n) is 4.22. The molecule has 0 amide bonds. The Balaban J connectivity index is 1.25. The lowest BCUT2D eigenvalue weighted by molar-refractivity contribution is 0.0600. The van der Waals surface area contributed by atoms with Gasteiger partial charge in [-0.15, -0.1) is 0 Å². The van der Waals surface area contributed by atoms with Crippen LogP contribution in [0.1, 0.15) is 21.5 Å². The second-order valence-corrected chi connectivity index (χ2v) is 8.41. The third-order valence-corrected chi connectivity index (χ3v) is 5.95. The summed E-state index contributed by atoms with van der Waals surface area (Å²) in [7, 11) is 1.38. The number of methoxy groups -OCH3 is 1. The highest BCUT2D eigenvalue weighted by molar-refractivity contribution is 6.09. The molecule has 4 aromatic rings. The Hall–Kier alpha value is -4.59. The average Bonchev–Trinajstić information content (AvgIpc) is 3.23. The largest absolute Gasteiger partial charge is 0.492 e. The summed E-state index contributed by atoms with van der Waals surface area (Å²) in [5.41, 5.74) is 11.3. The van der Waals surface area contributed by atoms with Gasteiger partial charge in [-0.3, -0.25) is 5.01 Å². The number of carbonyl (C=O) groups is 1. The van der Waals surface area contributed by atoms with Crippen LogP contribution in [0.5, 0.6) is 5.75 Å². The van der Waals surface area contributed by atoms with Gasteiger partial charge in [-0.25, -0.2) is 9.78 Å². The number of ether oxygens (including phenoxy) is 2. The maximum atomic E-state index is 11.8. The van der Waals surface area contributed by atoms with Crippen molar-refractivity contribution in [1.82, 2.24) is 14.6 Å². The molecule has 8 nitrogen and oxygen atoms in total. The van der Waals surface area contributed by atoms with Crippen molar-refractivity contribution in [3.8, 4) is 5.75 Å². The first-order valence-corrected chi connectivity index (χ1v) is 11.7. The lowest BCUT2D eigenvalue weighted by atomic mass is 10.1. The van der Waals surface area contributed by atoms with Gasteiger partial charge in [0.2, 0.25) is 5.95 Å². The number of fused-ring (bicyclic) bond motifs is 1. The predicted octanol–water partition coefficient (Wildman–Crippen LogP) is 4.26. The molecule has 3 aromatic carbocycles. The van der Waals surface area contributed by atoms with Crippen LogP contribution < -0.4 is 10.5 Å². The summed E-state index contributed by atoms with van der Waals surface area (Å²) < 4.78 is 12.8. The quantitative estimate of drug-likeness (QED) is 0.378. The van der Waals surface area contributed by atoms with Gasteiger partial charge in [-0.2, -0.15) is 5.10 Å². The molecule has 0 unspecified atom stereocenters. The summed E-state index contributed by atoms with van der Waals surface area (Å²) >= 11 is 0. The minimum Gasteiger partial charge on any atom is -0.492 e. The number of hydrazone groups is 1. The van der Waals surface area contributed by atoms with E-state index in [1.165, 1.54) is 7.11 Å². The summed E-state index contributed by atoms with van der Waals surface area (Å²) in [6.45, 7) is 2.31. The van der Waals surface area contributed by atoms with Crippen LogP contribution in [-0.2, 0) is 17.8 Å². The van der Waals surface area contributed by atoms with E-state index in [-0.39, 0.29) is 5.97 Å². The molecule has 0 saturated heterocycles. The molecule has 5 rings (SSSR count). The molecule has 0 radical (unpaired) electrons. The van der Waals surface area contributed by atoms with Crippen molar-refractivity contribution in [1.29, 1.82) is 0 Å². The molecule has 0 spiro atoms. The Morgan fingerprint density at radius 2 is 1.92 bits per heavy atom. The molecule has 2 N–H and O–H groups in total. The fourth-order valence-corrected chi connectivity index (χ4v) is 4.22. The number of nitrogens with zero attached hydrogens (tertiary/aromatic N) is 4. The zero-order chi connectivity index (χ0) is 24.9. The number of allylic oxidation sites excluding steroid dienone is 1. The van der Waals surface area contributed by atoms with Crippen molar-refractivity contribution in [3.63, 3.8) is 0 Å². The van der Waals surface area contributed by atoms with Crippen LogP contribution in [0.25, 0.3) is 11.0 Å². The third-order valence-electron chi connectivity index (χ3n) is 5.95. The second-order valence-electron chi connectivity index (χ2n) is 8.41. The number of para-hydroxylation sites is 2. The highest BCUT2D eigenvalue weighted by atomic mass is 16.5. The van der Waals surface area contributed by atoms with Crippen molar-refractivity contribution in [3.05, 3.63) is 102 Å². The van der Waals surface area contributed by atoms with E-state index in [1.54, 1.807) is 6.07 Å². The van der Waals surface area contributed by atoms with E-state index in [1.807, 2.05) is 82.4 Å². The van der Waals surface area contributed by atoms with Gasteiger partial charge in [-0.05, 0) is 48.0 Å². The first kappa shape index (κ1) is 23.2. The van der Waals surface area contributed by atoms with Gasteiger partial charge in [0.25, 0.3) is 0 Å². The van der Waals surface area contributed by atoms with Gasteiger partial charge in [0, 0.05) is 5.56 Å². The lowest BCUT2D eigenvalue weighted by Gasteiger charge is -2.22. The number of nitrogen functional groups attached to an aromatic ring is 1. The molecule has 0 bridgehead atoms. The van der Waals surface area contributed by atoms with Gasteiger partial charge in [0.05, 0.1) is 49.1 Å². The van der Waals surface area contributed by atoms with E-state index in [0.29, 0.717) is 37.8 Å². The Labute approximate surface area is 209 Å². The number of nitrogens with two attached hydrogens (primary N) is 1. The van der Waals surface area contributed by atoms with E-state index < -0.39 is 0 Å². The number of anilines is 1. The van der Waals surface area contributed by atoms with Gasteiger partial charge in [0.15, 0.2) is 0 Å². The summed E-state index contributed by atoms with van der Waals surface area (Å²) in [4.78, 5) is 16.2. The standard InChI is InChI=1S/C28H27N5O3/c1-35-27(34)22-9-4-7-20(17-22)19-32-14-6-12-24(31-32)21-8-5-10-23(18-21)36-16-15-33-26-13-3-2-11-25(26)30-28(33)29/h2-13,17-18H,14-16,19H2,1H3,(H2,29,30). The normalized spacial score (nSPS) is 13.0. The fraction of sp³-hybridized carbons (Fsp3) is 0.179. The Morgan fingerprint density at radius 3 is 2.81 bits per heavy atom. The number of imidazole rings is 1. The first-order chi connectivity index (χ1) is 17.6. The summed E-state index contributed by atoms with van der Waals surface area (Å²) in [5, 5.41) is 6.78. The van der Waals surface area contributed by atoms with E-state index in [4.69, 9.17) is 20.3 Å². The van der Waals surface area contributed by atoms with Crippen LogP contribution in [0.4, 0.5) is 5.95 Å². The summed E-state index contributed by atoms with van der Waals surface area (Å²) in [6.07, 6.45) is 4.09. The van der Waals surface area contributed by atoms with Gasteiger partial charge >= 0.3 is 5.97 Å². The van der Waals surface area contributed by atoms with Crippen LogP contribution in [0.15, 0.2) is 90.0 Å². The molecule has 182 valence electrons. The minimum absolute atomic E-state index is 0.347. The highest BCUT2D eigenvalue weighted by Gasteiger charge is 2.13. The predicted molar refractivity (Wildman–Crippen MR) is 140 cm³/mol. The number of hydrogen-bond acceptors (Lipinski definition) is 7. The van der Waals surface area contributed by atoms with Gasteiger partial charge in [-0.1, -0.05) is 42.5 Å². The van der Waals surface area contributed by atoms with Crippen molar-refractivity contribution in [2.24, 2.45) is 5.10 Å². The number of aromatic nitrogens is 2. The van der Waals surface area contributed by atoms with E-state index in [9.17, 15) is 4.79 Å². The van der Waals surface area contributed by atoms with E-state index in [2.05, 4.69) is 11.1 Å². The highest BCUT2D eigenvalue weighted by Crippen LogP contribution is 2.20. The third kappa shape index (κ3) is 5.07. The smallest absolute Gasteiger partial charge is 0.337 e. The monoisotopic (exact) mass is 481 g/mol. The lowest BCUT2D eigenvalue weighted by Crippen LogP contribution is -2.23. The summed E-state index contributed by atoms with van der Waals surface area (Å²) in [6, 6.07) is 23.2. The van der Waals surface area contributed by atoms with Crippen molar-refractivity contribution in [2.45, 2.75) is 13.1 Å². The van der Waals surface area contributed by atoms with Gasteiger partial charge in [0.1, 0.15) is 12.4 Å². The van der Waals surface area contributed by atoms with Crippen LogP contribution in [-0.4, -0.2) is 46.5 Å². The van der Waals surface area contributed by atoms with Crippen LogP contribution in [0.3, 0.4) is 0 Å². The second kappa shape index (κ2) is 10.4. The first-order valence-electron chi connectivity index (χ1n) is 11.7. The van der Waals surface area contributed by atoms with E-state index in [0.717, 1.165) is 33.6 Å². The molecular formula is C28H27N5O3. The molecule has 2 heterocycles. The van der Waals surface area contributed by atoms with Crippen molar-refractivity contribution in [2.75, 3.05) is 26.0 Å². The average molecular weight is 482 g/mol. The Morgan fingerprint density at radius 1 is 1.06 bits per heavy atom. The molecule has 0 atom stereocenters. The van der Waals surface area contributed by atoms with Crippen molar-refractivity contribution < 1.29 is 14.3 Å². The maximum absolute atomic E-state index is 11.8. The number of benzene rings is 3. The topological polar surface area (TPSA) is 95.0 Å². The van der Waals surface area contributed by atoms with Crippen molar-refractivity contribution >= 4 is 28.7 Å². The van der Waals surface area contributed by atoms with E-state index >= 15 is 0 Å². The maximum Gasteiger partial charge on any atom is 0.337 e. The van der Waals surface area contributed by atoms with Gasteiger partial charge < -0.3 is 19.8 Å². The number of esters is 1. The van der Waals surface area contributed by atoms with Crippen LogP contribution >= 0.6 is 0 Å². The Bertz CT molecular complexity index is 1460. The molecule has 0 fully saturated rings. The van der Waals surface area contributed by atoms with Crippen LogP contribution in [0.2, 0.25) is 0 Å².